The van der Waals surface area contributed by atoms with Gasteiger partial charge in [0.1, 0.15) is 0 Å². The van der Waals surface area contributed by atoms with Crippen molar-refractivity contribution in [2.24, 2.45) is 0 Å². The van der Waals surface area contributed by atoms with E-state index in [1.54, 1.807) is 0 Å². The molecule has 2 radical (unpaired) electrons. The summed E-state index contributed by atoms with van der Waals surface area (Å²) in [6, 6.07) is 0. The summed E-state index contributed by atoms with van der Waals surface area (Å²) < 4.78 is 0. The van der Waals surface area contributed by atoms with Gasteiger partial charge in [-0.3, -0.25) is 0 Å². The minimum absolute atomic E-state index is 0.873. The summed E-state index contributed by atoms with van der Waals surface area (Å²) in [6.45, 7) is 17.2. The lowest BCUT2D eigenvalue weighted by Crippen LogP contribution is -2.21. The van der Waals surface area contributed by atoms with E-state index in [9.17, 15) is 0 Å². The quantitative estimate of drug-likeness (QED) is 0.391. The van der Waals surface area contributed by atoms with Crippen molar-refractivity contribution in [3.8, 4) is 0 Å². The molecule has 0 aliphatic carbocycles. The Morgan fingerprint density at radius 1 is 1.38 bits per heavy atom. The van der Waals surface area contributed by atoms with Gasteiger partial charge in [-0.1, -0.05) is 44.1 Å². The van der Waals surface area contributed by atoms with Crippen LogP contribution in [0.5, 0.6) is 0 Å². The van der Waals surface area contributed by atoms with Crippen molar-refractivity contribution in [1.29, 1.82) is 0 Å². The predicted octanol–water partition coefficient (Wildman–Crippen LogP) is 2.21. The molecule has 0 aliphatic heterocycles. The molecule has 0 fully saturated rings. The molecule has 0 aliphatic rings. The predicted molar refractivity (Wildman–Crippen MR) is 40.0 cm³/mol. The Labute approximate surface area is 52.9 Å². The summed E-state index contributed by atoms with van der Waals surface area (Å²) in [5.74, 6) is 0. The largest absolute Gasteiger partial charge is 0.0775 e. The van der Waals surface area contributed by atoms with Gasteiger partial charge in [0.25, 0.3) is 0 Å². The molecule has 0 nitrogen and oxygen atoms in total. The maximum absolute atomic E-state index is 5.55. The first-order valence-corrected chi connectivity index (χ1v) is 6.16. The molecule has 0 aromatic carbocycles. The van der Waals surface area contributed by atoms with Crippen LogP contribution >= 0.6 is 0 Å². The van der Waals surface area contributed by atoms with E-state index >= 15 is 0 Å². The number of hydrogen-bond donors (Lipinski definition) is 0. The van der Waals surface area contributed by atoms with Crippen LogP contribution in [0.1, 0.15) is 0 Å². The van der Waals surface area contributed by atoms with Crippen molar-refractivity contribution in [3.63, 3.8) is 0 Å². The van der Waals surface area contributed by atoms with Crippen molar-refractivity contribution in [3.05, 3.63) is 24.4 Å². The Bertz CT molecular complexity index is 106. The first kappa shape index (κ1) is 7.70. The lowest BCUT2D eigenvalue weighted by Gasteiger charge is -2.14. The highest BCUT2D eigenvalue weighted by Crippen LogP contribution is 2.11. The highest BCUT2D eigenvalue weighted by molar-refractivity contribution is 6.83. The standard InChI is InChI=1S/C7H12Si/c1-6-7(2)8(3,4)5/h1-2,6H,3-5H3. The van der Waals surface area contributed by atoms with Gasteiger partial charge in [-0.05, 0) is 0 Å². The molecule has 44 valence electrons. The van der Waals surface area contributed by atoms with Gasteiger partial charge in [-0.15, -0.1) is 0 Å². The van der Waals surface area contributed by atoms with Crippen molar-refractivity contribution in [2.45, 2.75) is 19.6 Å². The number of hydrogen-bond acceptors (Lipinski definition) is 0. The molecule has 1 heteroatoms. The van der Waals surface area contributed by atoms with Crippen LogP contribution in [0, 0.1) is 13.2 Å². The van der Waals surface area contributed by atoms with Gasteiger partial charge in [0, 0.05) is 0 Å². The second-order valence-corrected chi connectivity index (χ2v) is 7.95. The van der Waals surface area contributed by atoms with Crippen LogP contribution in [0.2, 0.25) is 19.6 Å². The van der Waals surface area contributed by atoms with Crippen molar-refractivity contribution < 1.29 is 0 Å². The van der Waals surface area contributed by atoms with Crippen LogP contribution < -0.4 is 0 Å². The van der Waals surface area contributed by atoms with E-state index in [0.29, 0.717) is 0 Å². The molecular weight excluding hydrogens is 112 g/mol. The average Bonchev–Trinajstić information content (AvgIpc) is 1.62. The Balaban J connectivity index is 4.02. The normalized spacial score (nSPS) is 10.9. The highest BCUT2D eigenvalue weighted by atomic mass is 28.3. The lowest BCUT2D eigenvalue weighted by molar-refractivity contribution is 1.67. The Hall–Kier alpha value is -0.303. The van der Waals surface area contributed by atoms with Crippen molar-refractivity contribution in [2.75, 3.05) is 0 Å². The van der Waals surface area contributed by atoms with E-state index in [1.165, 1.54) is 6.08 Å². The molecule has 0 atom stereocenters. The van der Waals surface area contributed by atoms with Gasteiger partial charge in [-0.25, -0.2) is 0 Å². The fourth-order valence-corrected chi connectivity index (χ4v) is 0.750. The summed E-state index contributed by atoms with van der Waals surface area (Å²) in [7, 11) is -1.25. The molecule has 0 heterocycles. The van der Waals surface area contributed by atoms with Crippen LogP contribution in [0.15, 0.2) is 11.3 Å². The second kappa shape index (κ2) is 2.31. The molecule has 0 unspecified atom stereocenters. The van der Waals surface area contributed by atoms with Gasteiger partial charge in [0.05, 0.1) is 8.07 Å². The summed E-state index contributed by atoms with van der Waals surface area (Å²) in [5.41, 5.74) is 0. The van der Waals surface area contributed by atoms with Crippen molar-refractivity contribution in [1.82, 2.24) is 0 Å². The molecule has 0 aromatic heterocycles. The summed E-state index contributed by atoms with van der Waals surface area (Å²) in [6.07, 6.45) is 1.51. The summed E-state index contributed by atoms with van der Waals surface area (Å²) >= 11 is 0. The van der Waals surface area contributed by atoms with Crippen LogP contribution in [0.4, 0.5) is 0 Å². The van der Waals surface area contributed by atoms with Gasteiger partial charge < -0.3 is 0 Å². The van der Waals surface area contributed by atoms with E-state index in [-0.39, 0.29) is 0 Å². The minimum atomic E-state index is -1.25. The second-order valence-electron chi connectivity index (χ2n) is 2.87. The molecule has 0 N–H and O–H groups in total. The molecule has 0 spiro atoms. The van der Waals surface area contributed by atoms with Gasteiger partial charge in [-0.2, -0.15) is 0 Å². The van der Waals surface area contributed by atoms with E-state index in [1.807, 2.05) is 0 Å². The molecular formula is C7H12Si. The Morgan fingerprint density at radius 3 is 1.75 bits per heavy atom. The first-order valence-electron chi connectivity index (χ1n) is 2.66. The highest BCUT2D eigenvalue weighted by Gasteiger charge is 2.13. The van der Waals surface area contributed by atoms with E-state index in [4.69, 9.17) is 13.2 Å². The van der Waals surface area contributed by atoms with Crippen LogP contribution in [0.25, 0.3) is 0 Å². The molecule has 0 amide bonds. The first-order chi connectivity index (χ1) is 3.48. The summed E-state index contributed by atoms with van der Waals surface area (Å²) in [4.78, 5) is 0. The topological polar surface area (TPSA) is 0 Å². The van der Waals surface area contributed by atoms with Gasteiger partial charge in [0.15, 0.2) is 0 Å². The van der Waals surface area contributed by atoms with E-state index in [0.717, 1.165) is 5.20 Å². The van der Waals surface area contributed by atoms with Crippen molar-refractivity contribution >= 4 is 8.07 Å². The van der Waals surface area contributed by atoms with E-state index < -0.39 is 8.07 Å². The third-order valence-electron chi connectivity index (χ3n) is 1.05. The van der Waals surface area contributed by atoms with Gasteiger partial charge >= 0.3 is 0 Å². The smallest absolute Gasteiger partial charge is 0.0656 e. The minimum Gasteiger partial charge on any atom is -0.0656 e. The van der Waals surface area contributed by atoms with Gasteiger partial charge in [0.2, 0.25) is 0 Å². The maximum atomic E-state index is 5.55. The zero-order chi connectivity index (χ0) is 6.78. The molecule has 0 bridgehead atoms. The molecule has 0 saturated heterocycles. The fraction of sp³-hybridized carbons (Fsp3) is 0.429. The van der Waals surface area contributed by atoms with Crippen LogP contribution in [0.3, 0.4) is 0 Å². The van der Waals surface area contributed by atoms with E-state index in [2.05, 4.69) is 19.6 Å². The molecule has 0 saturated carbocycles. The summed E-state index contributed by atoms with van der Waals surface area (Å²) in [5, 5.41) is 0.873. The molecule has 0 aromatic rings. The monoisotopic (exact) mass is 124 g/mol. The Kier molecular flexibility index (Phi) is 2.22. The number of rotatable bonds is 2. The molecule has 0 rings (SSSR count). The SMILES string of the molecule is [CH]=CC(=[CH])[Si](C)(C)C. The number of allylic oxidation sites excluding steroid dienone is 2. The molecule has 8 heavy (non-hydrogen) atoms. The maximum Gasteiger partial charge on any atom is 0.0775 e. The average molecular weight is 124 g/mol. The Morgan fingerprint density at radius 2 is 1.75 bits per heavy atom. The third kappa shape index (κ3) is 2.12. The third-order valence-corrected chi connectivity index (χ3v) is 2.94. The van der Waals surface area contributed by atoms with Crippen LogP contribution in [-0.4, -0.2) is 8.07 Å². The fourth-order valence-electron chi connectivity index (χ4n) is 0.250. The van der Waals surface area contributed by atoms with Crippen LogP contribution in [-0.2, 0) is 0 Å². The lowest BCUT2D eigenvalue weighted by atomic mass is 10.6. The zero-order valence-electron chi connectivity index (χ0n) is 5.73. The zero-order valence-corrected chi connectivity index (χ0v) is 6.73.